The van der Waals surface area contributed by atoms with Crippen LogP contribution in [-0.2, 0) is 0 Å². The molecule has 4 nitrogen and oxygen atoms in total. The third kappa shape index (κ3) is 3.70. The maximum absolute atomic E-state index is 12.3. The van der Waals surface area contributed by atoms with Crippen LogP contribution in [0.25, 0.3) is 0 Å². The minimum absolute atomic E-state index is 0.340. The number of amides is 1. The van der Waals surface area contributed by atoms with E-state index in [1.54, 1.807) is 30.3 Å². The standard InChI is InChI=1S/C14H11Br2ClN2O2/c1-21-13-10(16)5-8(17)6-12(13)19-14(20)9-3-2-7(15)4-11(9)18/h2-6H,18H2,1H3,(H,19,20). The van der Waals surface area contributed by atoms with Crippen LogP contribution < -0.4 is 15.8 Å². The van der Waals surface area contributed by atoms with Gasteiger partial charge in [-0.2, -0.15) is 0 Å². The van der Waals surface area contributed by atoms with Gasteiger partial charge in [-0.3, -0.25) is 4.79 Å². The Bertz CT molecular complexity index is 708. The molecular weight excluding hydrogens is 423 g/mol. The summed E-state index contributed by atoms with van der Waals surface area (Å²) < 4.78 is 6.71. The van der Waals surface area contributed by atoms with Gasteiger partial charge in [0.05, 0.1) is 22.8 Å². The van der Waals surface area contributed by atoms with Crippen molar-refractivity contribution in [1.29, 1.82) is 0 Å². The molecule has 2 aromatic rings. The molecule has 2 aromatic carbocycles. The first-order chi connectivity index (χ1) is 9.92. The highest BCUT2D eigenvalue weighted by Crippen LogP contribution is 2.36. The van der Waals surface area contributed by atoms with Crippen LogP contribution in [0, 0.1) is 0 Å². The number of nitrogen functional groups attached to an aromatic ring is 1. The average molecular weight is 435 g/mol. The van der Waals surface area contributed by atoms with E-state index in [4.69, 9.17) is 22.1 Å². The number of halogens is 3. The summed E-state index contributed by atoms with van der Waals surface area (Å²) in [6.45, 7) is 0. The summed E-state index contributed by atoms with van der Waals surface area (Å²) in [6.07, 6.45) is 0. The van der Waals surface area contributed by atoms with Gasteiger partial charge in [-0.05, 0) is 46.3 Å². The Morgan fingerprint density at radius 3 is 2.62 bits per heavy atom. The molecule has 0 aliphatic heterocycles. The fourth-order valence-electron chi connectivity index (χ4n) is 1.79. The van der Waals surface area contributed by atoms with Gasteiger partial charge in [0, 0.05) is 15.2 Å². The number of hydrogen-bond acceptors (Lipinski definition) is 3. The third-order valence-electron chi connectivity index (χ3n) is 2.72. The lowest BCUT2D eigenvalue weighted by atomic mass is 10.1. The van der Waals surface area contributed by atoms with Crippen LogP contribution in [0.5, 0.6) is 5.75 Å². The SMILES string of the molecule is COc1c(Br)cc(Cl)cc1NC(=O)c1ccc(Br)cc1N. The van der Waals surface area contributed by atoms with Crippen LogP contribution in [0.3, 0.4) is 0 Å². The lowest BCUT2D eigenvalue weighted by Gasteiger charge is -2.13. The molecule has 110 valence electrons. The van der Waals surface area contributed by atoms with Crippen molar-refractivity contribution in [3.05, 3.63) is 49.9 Å². The molecule has 0 saturated heterocycles. The zero-order valence-corrected chi connectivity index (χ0v) is 14.8. The van der Waals surface area contributed by atoms with Gasteiger partial charge < -0.3 is 15.8 Å². The maximum atomic E-state index is 12.3. The first kappa shape index (κ1) is 16.1. The predicted octanol–water partition coefficient (Wildman–Crippen LogP) is 4.71. The van der Waals surface area contributed by atoms with E-state index in [9.17, 15) is 4.79 Å². The number of nitrogens with two attached hydrogens (primary N) is 1. The summed E-state index contributed by atoms with van der Waals surface area (Å²) in [5.74, 6) is 0.149. The molecule has 0 radical (unpaired) electrons. The van der Waals surface area contributed by atoms with Crippen molar-refractivity contribution in [1.82, 2.24) is 0 Å². The highest BCUT2D eigenvalue weighted by Gasteiger charge is 2.15. The summed E-state index contributed by atoms with van der Waals surface area (Å²) in [7, 11) is 1.51. The fourth-order valence-corrected chi connectivity index (χ4v) is 3.14. The molecule has 0 heterocycles. The number of hydrogen-bond donors (Lipinski definition) is 2. The van der Waals surface area contributed by atoms with Crippen molar-refractivity contribution in [2.45, 2.75) is 0 Å². The first-order valence-corrected chi connectivity index (χ1v) is 7.78. The molecule has 0 aliphatic carbocycles. The number of nitrogens with one attached hydrogen (secondary N) is 1. The van der Waals surface area contributed by atoms with Crippen molar-refractivity contribution in [2.24, 2.45) is 0 Å². The quantitative estimate of drug-likeness (QED) is 0.688. The van der Waals surface area contributed by atoms with Crippen LogP contribution in [0.1, 0.15) is 10.4 Å². The Morgan fingerprint density at radius 2 is 2.00 bits per heavy atom. The Hall–Kier alpha value is -1.24. The van der Waals surface area contributed by atoms with Crippen molar-refractivity contribution in [3.8, 4) is 5.75 Å². The van der Waals surface area contributed by atoms with Gasteiger partial charge in [0.1, 0.15) is 0 Å². The number of benzene rings is 2. The lowest BCUT2D eigenvalue weighted by Crippen LogP contribution is -2.14. The molecule has 0 aromatic heterocycles. The molecule has 2 rings (SSSR count). The fraction of sp³-hybridized carbons (Fsp3) is 0.0714. The molecule has 0 spiro atoms. The van der Waals surface area contributed by atoms with Gasteiger partial charge in [0.15, 0.2) is 5.75 Å². The van der Waals surface area contributed by atoms with Crippen LogP contribution >= 0.6 is 43.5 Å². The Balaban J connectivity index is 2.35. The van der Waals surface area contributed by atoms with Crippen molar-refractivity contribution >= 4 is 60.7 Å². The maximum Gasteiger partial charge on any atom is 0.257 e. The van der Waals surface area contributed by atoms with E-state index in [1.165, 1.54) is 7.11 Å². The zero-order valence-electron chi connectivity index (χ0n) is 10.9. The molecule has 7 heteroatoms. The number of carbonyl (C=O) groups excluding carboxylic acids is 1. The van der Waals surface area contributed by atoms with E-state index in [2.05, 4.69) is 37.2 Å². The minimum Gasteiger partial charge on any atom is -0.493 e. The van der Waals surface area contributed by atoms with Crippen LogP contribution in [-0.4, -0.2) is 13.0 Å². The molecule has 0 saturated carbocycles. The van der Waals surface area contributed by atoms with Crippen molar-refractivity contribution < 1.29 is 9.53 Å². The monoisotopic (exact) mass is 432 g/mol. The number of anilines is 2. The van der Waals surface area contributed by atoms with Gasteiger partial charge in [-0.1, -0.05) is 27.5 Å². The highest BCUT2D eigenvalue weighted by atomic mass is 79.9. The second-order valence-electron chi connectivity index (χ2n) is 4.15. The molecule has 0 atom stereocenters. The third-order valence-corrected chi connectivity index (χ3v) is 4.02. The van der Waals surface area contributed by atoms with Crippen LogP contribution in [0.15, 0.2) is 39.3 Å². The van der Waals surface area contributed by atoms with Gasteiger partial charge in [0.25, 0.3) is 5.91 Å². The van der Waals surface area contributed by atoms with E-state index in [-0.39, 0.29) is 5.91 Å². The molecule has 0 bridgehead atoms. The average Bonchev–Trinajstić information content (AvgIpc) is 2.37. The van der Waals surface area contributed by atoms with Crippen LogP contribution in [0.2, 0.25) is 5.02 Å². The van der Waals surface area contributed by atoms with Crippen molar-refractivity contribution in [2.75, 3.05) is 18.2 Å². The Labute approximate surface area is 143 Å². The molecular formula is C14H11Br2ClN2O2. The largest absolute Gasteiger partial charge is 0.493 e. The molecule has 0 aliphatic rings. The van der Waals surface area contributed by atoms with E-state index >= 15 is 0 Å². The number of methoxy groups -OCH3 is 1. The van der Waals surface area contributed by atoms with E-state index in [0.717, 1.165) is 4.47 Å². The summed E-state index contributed by atoms with van der Waals surface area (Å²) in [4.78, 5) is 12.3. The zero-order chi connectivity index (χ0) is 15.6. The Kier molecular flexibility index (Phi) is 5.13. The second kappa shape index (κ2) is 6.68. The van der Waals surface area contributed by atoms with Crippen LogP contribution in [0.4, 0.5) is 11.4 Å². The van der Waals surface area contributed by atoms with E-state index < -0.39 is 0 Å². The molecule has 21 heavy (non-hydrogen) atoms. The van der Waals surface area contributed by atoms with Gasteiger partial charge in [0.2, 0.25) is 0 Å². The summed E-state index contributed by atoms with van der Waals surface area (Å²) in [5, 5.41) is 3.22. The Morgan fingerprint density at radius 1 is 1.29 bits per heavy atom. The smallest absolute Gasteiger partial charge is 0.257 e. The molecule has 1 amide bonds. The molecule has 3 N–H and O–H groups in total. The minimum atomic E-state index is -0.340. The highest BCUT2D eigenvalue weighted by molar-refractivity contribution is 9.10. The van der Waals surface area contributed by atoms with Gasteiger partial charge in [-0.15, -0.1) is 0 Å². The number of ether oxygens (including phenoxy) is 1. The number of carbonyl (C=O) groups is 1. The second-order valence-corrected chi connectivity index (χ2v) is 6.36. The summed E-state index contributed by atoms with van der Waals surface area (Å²) in [5.41, 5.74) is 7.06. The lowest BCUT2D eigenvalue weighted by molar-refractivity contribution is 0.102. The van der Waals surface area contributed by atoms with E-state index in [1.807, 2.05) is 0 Å². The number of rotatable bonds is 3. The summed E-state index contributed by atoms with van der Waals surface area (Å²) >= 11 is 12.6. The first-order valence-electron chi connectivity index (χ1n) is 5.81. The van der Waals surface area contributed by atoms with E-state index in [0.29, 0.717) is 32.2 Å². The van der Waals surface area contributed by atoms with Gasteiger partial charge >= 0.3 is 0 Å². The normalized spacial score (nSPS) is 10.3. The van der Waals surface area contributed by atoms with Gasteiger partial charge in [-0.25, -0.2) is 0 Å². The summed E-state index contributed by atoms with van der Waals surface area (Å²) in [6, 6.07) is 8.35. The van der Waals surface area contributed by atoms with Crippen molar-refractivity contribution in [3.63, 3.8) is 0 Å². The molecule has 0 fully saturated rings. The molecule has 0 unspecified atom stereocenters. The topological polar surface area (TPSA) is 64.3 Å². The predicted molar refractivity (Wildman–Crippen MR) is 92.2 cm³/mol.